The van der Waals surface area contributed by atoms with Gasteiger partial charge in [0, 0.05) is 45.4 Å². The Balaban J connectivity index is 1.77. The van der Waals surface area contributed by atoms with Crippen LogP contribution in [0.15, 0.2) is 41.2 Å². The highest BCUT2D eigenvalue weighted by atomic mass is 16.6. The van der Waals surface area contributed by atoms with E-state index in [4.69, 9.17) is 4.42 Å². The summed E-state index contributed by atoms with van der Waals surface area (Å²) in [6, 6.07) is 5.85. The zero-order chi connectivity index (χ0) is 18.7. The summed E-state index contributed by atoms with van der Waals surface area (Å²) in [6.45, 7) is 2.00. The van der Waals surface area contributed by atoms with Crippen LogP contribution in [0.1, 0.15) is 20.7 Å². The van der Waals surface area contributed by atoms with E-state index in [-0.39, 0.29) is 23.1 Å². The van der Waals surface area contributed by atoms with Gasteiger partial charge in [-0.05, 0) is 12.1 Å². The van der Waals surface area contributed by atoms with Crippen LogP contribution in [0.4, 0.5) is 11.4 Å². The van der Waals surface area contributed by atoms with Gasteiger partial charge in [-0.2, -0.15) is 0 Å². The topological polar surface area (TPSA) is 109 Å². The Bertz CT molecular complexity index is 826. The molecule has 2 aromatic rings. The molecule has 1 aromatic heterocycles. The molecule has 0 atom stereocenters. The summed E-state index contributed by atoms with van der Waals surface area (Å²) in [5.41, 5.74) is 1.22. The van der Waals surface area contributed by atoms with Crippen molar-refractivity contribution in [2.24, 2.45) is 0 Å². The van der Waals surface area contributed by atoms with E-state index in [1.54, 1.807) is 17.0 Å². The lowest BCUT2D eigenvalue weighted by atomic mass is 10.1. The van der Waals surface area contributed by atoms with E-state index in [1.165, 1.54) is 31.7 Å². The molecule has 0 spiro atoms. The number of furan rings is 1. The summed E-state index contributed by atoms with van der Waals surface area (Å²) in [6.07, 6.45) is 2.87. The molecule has 2 heterocycles. The summed E-state index contributed by atoms with van der Waals surface area (Å²) in [7, 11) is 1.48. The van der Waals surface area contributed by atoms with Crippen LogP contribution >= 0.6 is 0 Å². The second-order valence-corrected chi connectivity index (χ2v) is 5.83. The van der Waals surface area contributed by atoms with Crippen LogP contribution in [0.25, 0.3) is 0 Å². The minimum atomic E-state index is -0.530. The maximum Gasteiger partial charge on any atom is 0.270 e. The first-order valence-corrected chi connectivity index (χ1v) is 8.08. The number of non-ortho nitro benzene ring substituents is 1. The van der Waals surface area contributed by atoms with Gasteiger partial charge in [0.2, 0.25) is 0 Å². The van der Waals surface area contributed by atoms with Crippen molar-refractivity contribution in [1.29, 1.82) is 0 Å². The van der Waals surface area contributed by atoms with Crippen molar-refractivity contribution in [2.75, 3.05) is 38.1 Å². The van der Waals surface area contributed by atoms with Crippen LogP contribution in [-0.2, 0) is 0 Å². The first-order valence-electron chi connectivity index (χ1n) is 8.08. The number of carbonyl (C=O) groups is 2. The smallest absolute Gasteiger partial charge is 0.270 e. The van der Waals surface area contributed by atoms with Crippen LogP contribution in [0, 0.1) is 10.1 Å². The lowest BCUT2D eigenvalue weighted by molar-refractivity contribution is -0.384. The van der Waals surface area contributed by atoms with Gasteiger partial charge in [0.25, 0.3) is 17.5 Å². The van der Waals surface area contributed by atoms with Crippen molar-refractivity contribution in [2.45, 2.75) is 0 Å². The molecule has 0 radical (unpaired) electrons. The van der Waals surface area contributed by atoms with Crippen LogP contribution in [0.5, 0.6) is 0 Å². The molecule has 9 heteroatoms. The number of rotatable bonds is 4. The summed E-state index contributed by atoms with van der Waals surface area (Å²) in [4.78, 5) is 38.6. The minimum absolute atomic E-state index is 0.103. The van der Waals surface area contributed by atoms with Gasteiger partial charge in [0.05, 0.1) is 28.0 Å². The maximum atomic E-state index is 12.4. The summed E-state index contributed by atoms with van der Waals surface area (Å²) >= 11 is 0. The van der Waals surface area contributed by atoms with E-state index in [0.29, 0.717) is 37.4 Å². The van der Waals surface area contributed by atoms with Gasteiger partial charge in [-0.15, -0.1) is 0 Å². The van der Waals surface area contributed by atoms with Gasteiger partial charge in [-0.1, -0.05) is 0 Å². The second kappa shape index (κ2) is 7.26. The fourth-order valence-corrected chi connectivity index (χ4v) is 2.95. The molecule has 1 aromatic carbocycles. The molecular formula is C17H18N4O5. The molecule has 1 saturated heterocycles. The molecule has 0 unspecified atom stereocenters. The molecule has 136 valence electrons. The third-order valence-electron chi connectivity index (χ3n) is 4.34. The molecule has 2 amide bonds. The maximum absolute atomic E-state index is 12.4. The average molecular weight is 358 g/mol. The molecule has 9 nitrogen and oxygen atoms in total. The van der Waals surface area contributed by atoms with Crippen LogP contribution < -0.4 is 10.2 Å². The van der Waals surface area contributed by atoms with Crippen molar-refractivity contribution < 1.29 is 18.9 Å². The Morgan fingerprint density at radius 3 is 2.50 bits per heavy atom. The van der Waals surface area contributed by atoms with Crippen LogP contribution in [0.2, 0.25) is 0 Å². The molecule has 1 fully saturated rings. The van der Waals surface area contributed by atoms with E-state index >= 15 is 0 Å². The number of benzene rings is 1. The predicted octanol–water partition coefficient (Wildman–Crippen LogP) is 1.51. The van der Waals surface area contributed by atoms with Gasteiger partial charge in [0.1, 0.15) is 6.26 Å². The summed E-state index contributed by atoms with van der Waals surface area (Å²) in [5, 5.41) is 13.5. The molecular weight excluding hydrogens is 340 g/mol. The molecule has 1 N–H and O–H groups in total. The normalized spacial score (nSPS) is 14.2. The lowest BCUT2D eigenvalue weighted by Gasteiger charge is -2.36. The van der Waals surface area contributed by atoms with Crippen molar-refractivity contribution in [3.05, 3.63) is 58.0 Å². The molecule has 0 aliphatic carbocycles. The molecule has 1 aliphatic heterocycles. The average Bonchev–Trinajstić information content (AvgIpc) is 3.21. The highest BCUT2D eigenvalue weighted by Crippen LogP contribution is 2.27. The number of nitrogens with zero attached hydrogens (tertiary/aromatic N) is 3. The molecule has 26 heavy (non-hydrogen) atoms. The number of anilines is 1. The van der Waals surface area contributed by atoms with E-state index in [0.717, 1.165) is 0 Å². The van der Waals surface area contributed by atoms with E-state index in [9.17, 15) is 19.7 Å². The number of piperazine rings is 1. The first kappa shape index (κ1) is 17.5. The Hall–Kier alpha value is -3.36. The highest BCUT2D eigenvalue weighted by molar-refractivity contribution is 6.00. The largest absolute Gasteiger partial charge is 0.472 e. The number of nitro benzene ring substituents is 1. The Morgan fingerprint density at radius 1 is 1.19 bits per heavy atom. The number of amides is 2. The van der Waals surface area contributed by atoms with Crippen molar-refractivity contribution in [3.63, 3.8) is 0 Å². The number of nitro groups is 1. The number of hydrogen-bond acceptors (Lipinski definition) is 6. The second-order valence-electron chi connectivity index (χ2n) is 5.83. The van der Waals surface area contributed by atoms with Crippen LogP contribution in [-0.4, -0.2) is 54.9 Å². The zero-order valence-corrected chi connectivity index (χ0v) is 14.2. The van der Waals surface area contributed by atoms with E-state index < -0.39 is 4.92 Å². The summed E-state index contributed by atoms with van der Waals surface area (Å²) in [5.74, 6) is -0.491. The Morgan fingerprint density at radius 2 is 1.92 bits per heavy atom. The van der Waals surface area contributed by atoms with E-state index in [1.807, 2.05) is 4.90 Å². The highest BCUT2D eigenvalue weighted by Gasteiger charge is 2.26. The molecule has 1 aliphatic rings. The van der Waals surface area contributed by atoms with Crippen molar-refractivity contribution in [3.8, 4) is 0 Å². The molecule has 0 bridgehead atoms. The molecule has 3 rings (SSSR count). The predicted molar refractivity (Wildman–Crippen MR) is 93.3 cm³/mol. The Labute approximate surface area is 149 Å². The quantitative estimate of drug-likeness (QED) is 0.655. The fourth-order valence-electron chi connectivity index (χ4n) is 2.95. The minimum Gasteiger partial charge on any atom is -0.472 e. The van der Waals surface area contributed by atoms with Crippen molar-refractivity contribution in [1.82, 2.24) is 10.2 Å². The third-order valence-corrected chi connectivity index (χ3v) is 4.34. The number of carbonyl (C=O) groups excluding carboxylic acids is 2. The first-order chi connectivity index (χ1) is 12.5. The fraction of sp³-hybridized carbons (Fsp3) is 0.294. The number of hydrogen-bond donors (Lipinski definition) is 1. The van der Waals surface area contributed by atoms with Gasteiger partial charge in [-0.3, -0.25) is 19.7 Å². The van der Waals surface area contributed by atoms with Gasteiger partial charge in [-0.25, -0.2) is 0 Å². The van der Waals surface area contributed by atoms with Gasteiger partial charge >= 0.3 is 0 Å². The Kier molecular flexibility index (Phi) is 4.87. The lowest BCUT2D eigenvalue weighted by Crippen LogP contribution is -2.49. The van der Waals surface area contributed by atoms with Gasteiger partial charge < -0.3 is 19.5 Å². The monoisotopic (exact) mass is 358 g/mol. The zero-order valence-electron chi connectivity index (χ0n) is 14.2. The number of nitrogens with one attached hydrogen (secondary N) is 1. The summed E-state index contributed by atoms with van der Waals surface area (Å²) < 4.78 is 4.94. The van der Waals surface area contributed by atoms with Crippen LogP contribution in [0.3, 0.4) is 0 Å². The SMILES string of the molecule is CNC(=O)c1cc([N+](=O)[O-])ccc1N1CCN(C(=O)c2ccoc2)CC1. The molecule has 0 saturated carbocycles. The third kappa shape index (κ3) is 3.37. The standard InChI is InChI=1S/C17H18N4O5/c1-18-16(22)14-10-13(21(24)25)2-3-15(14)19-5-7-20(8-6-19)17(23)12-4-9-26-11-12/h2-4,9-11H,5-8H2,1H3,(H,18,22). The van der Waals surface area contributed by atoms with Gasteiger partial charge in [0.15, 0.2) is 0 Å². The van der Waals surface area contributed by atoms with Crippen molar-refractivity contribution >= 4 is 23.2 Å². The van der Waals surface area contributed by atoms with E-state index in [2.05, 4.69) is 5.32 Å².